The highest BCUT2D eigenvalue weighted by Crippen LogP contribution is 2.29. The average molecular weight is 331 g/mol. The van der Waals surface area contributed by atoms with Crippen molar-refractivity contribution in [2.75, 3.05) is 6.54 Å². The molecule has 1 aliphatic heterocycles. The van der Waals surface area contributed by atoms with Gasteiger partial charge in [-0.15, -0.1) is 11.3 Å². The molecular formula is C12H15BrN2O2S. The normalized spacial score (nSPS) is 24.3. The van der Waals surface area contributed by atoms with Gasteiger partial charge < -0.3 is 10.2 Å². The van der Waals surface area contributed by atoms with E-state index in [9.17, 15) is 9.59 Å². The SMILES string of the molecule is CCC1(C)C(=O)NCC(=O)N1Cc1ccc(Br)s1. The Morgan fingerprint density at radius 3 is 2.78 bits per heavy atom. The monoisotopic (exact) mass is 330 g/mol. The summed E-state index contributed by atoms with van der Waals surface area (Å²) >= 11 is 4.99. The summed E-state index contributed by atoms with van der Waals surface area (Å²) < 4.78 is 1.03. The van der Waals surface area contributed by atoms with Crippen LogP contribution in [0, 0.1) is 0 Å². The van der Waals surface area contributed by atoms with Crippen molar-refractivity contribution < 1.29 is 9.59 Å². The molecule has 98 valence electrons. The lowest BCUT2D eigenvalue weighted by atomic mass is 9.92. The molecule has 1 aliphatic rings. The third-order valence-electron chi connectivity index (χ3n) is 3.42. The quantitative estimate of drug-likeness (QED) is 0.923. The van der Waals surface area contributed by atoms with Crippen LogP contribution in [0.2, 0.25) is 0 Å². The second-order valence-electron chi connectivity index (χ2n) is 4.50. The topological polar surface area (TPSA) is 49.4 Å². The smallest absolute Gasteiger partial charge is 0.246 e. The maximum atomic E-state index is 12.0. The molecule has 0 saturated carbocycles. The summed E-state index contributed by atoms with van der Waals surface area (Å²) in [6, 6.07) is 3.93. The lowest BCUT2D eigenvalue weighted by molar-refractivity contribution is -0.153. The first-order valence-electron chi connectivity index (χ1n) is 5.80. The molecule has 0 radical (unpaired) electrons. The number of nitrogens with one attached hydrogen (secondary N) is 1. The zero-order chi connectivity index (χ0) is 13.3. The van der Waals surface area contributed by atoms with Crippen molar-refractivity contribution in [2.24, 2.45) is 0 Å². The van der Waals surface area contributed by atoms with Crippen LogP contribution < -0.4 is 5.32 Å². The molecule has 1 unspecified atom stereocenters. The second kappa shape index (κ2) is 5.01. The van der Waals surface area contributed by atoms with E-state index in [1.807, 2.05) is 26.0 Å². The molecule has 1 aromatic heterocycles. The van der Waals surface area contributed by atoms with E-state index in [1.165, 1.54) is 0 Å². The Kier molecular flexibility index (Phi) is 3.77. The summed E-state index contributed by atoms with van der Waals surface area (Å²) in [5.74, 6) is -0.0938. The molecular weight excluding hydrogens is 316 g/mol. The molecule has 0 aliphatic carbocycles. The van der Waals surface area contributed by atoms with E-state index in [0.717, 1.165) is 8.66 Å². The maximum Gasteiger partial charge on any atom is 0.246 e. The molecule has 4 nitrogen and oxygen atoms in total. The minimum atomic E-state index is -0.744. The van der Waals surface area contributed by atoms with Gasteiger partial charge in [-0.2, -0.15) is 0 Å². The van der Waals surface area contributed by atoms with E-state index < -0.39 is 5.54 Å². The lowest BCUT2D eigenvalue weighted by Crippen LogP contribution is -2.65. The number of thiophene rings is 1. The molecule has 1 fully saturated rings. The number of hydrogen-bond donors (Lipinski definition) is 1. The first kappa shape index (κ1) is 13.5. The van der Waals surface area contributed by atoms with Crippen LogP contribution in [0.15, 0.2) is 15.9 Å². The number of nitrogens with zero attached hydrogens (tertiary/aromatic N) is 1. The Morgan fingerprint density at radius 2 is 2.22 bits per heavy atom. The number of piperazine rings is 1. The van der Waals surface area contributed by atoms with Crippen LogP contribution in [-0.4, -0.2) is 28.8 Å². The molecule has 1 atom stereocenters. The van der Waals surface area contributed by atoms with Crippen LogP contribution in [-0.2, 0) is 16.1 Å². The number of carbonyl (C=O) groups is 2. The fourth-order valence-electron chi connectivity index (χ4n) is 2.05. The summed E-state index contributed by atoms with van der Waals surface area (Å²) in [5, 5.41) is 2.66. The third kappa shape index (κ3) is 2.31. The maximum absolute atomic E-state index is 12.0. The Hall–Kier alpha value is -0.880. The van der Waals surface area contributed by atoms with Gasteiger partial charge in [0.15, 0.2) is 0 Å². The van der Waals surface area contributed by atoms with Gasteiger partial charge in [0.2, 0.25) is 11.8 Å². The third-order valence-corrected chi connectivity index (χ3v) is 5.03. The van der Waals surface area contributed by atoms with Gasteiger partial charge in [0.25, 0.3) is 0 Å². The summed E-state index contributed by atoms with van der Waals surface area (Å²) in [4.78, 5) is 26.8. The molecule has 1 saturated heterocycles. The van der Waals surface area contributed by atoms with Crippen LogP contribution in [0.1, 0.15) is 25.1 Å². The van der Waals surface area contributed by atoms with Gasteiger partial charge in [-0.1, -0.05) is 6.92 Å². The first-order chi connectivity index (χ1) is 8.47. The van der Waals surface area contributed by atoms with E-state index >= 15 is 0 Å². The Balaban J connectivity index is 2.26. The van der Waals surface area contributed by atoms with Crippen LogP contribution in [0.25, 0.3) is 0 Å². The molecule has 1 N–H and O–H groups in total. The van der Waals surface area contributed by atoms with Crippen molar-refractivity contribution in [1.82, 2.24) is 10.2 Å². The zero-order valence-electron chi connectivity index (χ0n) is 10.3. The predicted molar refractivity (Wildman–Crippen MR) is 74.3 cm³/mol. The number of carbonyl (C=O) groups excluding carboxylic acids is 2. The summed E-state index contributed by atoms with van der Waals surface area (Å²) in [5.41, 5.74) is -0.744. The van der Waals surface area contributed by atoms with Crippen LogP contribution in [0.5, 0.6) is 0 Å². The Morgan fingerprint density at radius 1 is 1.50 bits per heavy atom. The molecule has 2 heterocycles. The largest absolute Gasteiger partial charge is 0.345 e. The number of rotatable bonds is 3. The molecule has 0 aromatic carbocycles. The average Bonchev–Trinajstić information content (AvgIpc) is 2.75. The number of hydrogen-bond acceptors (Lipinski definition) is 3. The van der Waals surface area contributed by atoms with Gasteiger partial charge in [0.05, 0.1) is 16.9 Å². The molecule has 2 rings (SSSR count). The van der Waals surface area contributed by atoms with Gasteiger partial charge >= 0.3 is 0 Å². The van der Waals surface area contributed by atoms with Crippen molar-refractivity contribution in [3.8, 4) is 0 Å². The number of halogens is 1. The van der Waals surface area contributed by atoms with E-state index in [2.05, 4.69) is 21.2 Å². The predicted octanol–water partition coefficient (Wildman–Crippen LogP) is 2.14. The molecule has 1 aromatic rings. The second-order valence-corrected chi connectivity index (χ2v) is 7.04. The van der Waals surface area contributed by atoms with E-state index in [4.69, 9.17) is 0 Å². The molecule has 0 bridgehead atoms. The first-order valence-corrected chi connectivity index (χ1v) is 7.41. The highest BCUT2D eigenvalue weighted by molar-refractivity contribution is 9.11. The van der Waals surface area contributed by atoms with Crippen LogP contribution in [0.3, 0.4) is 0 Å². The van der Waals surface area contributed by atoms with Gasteiger partial charge in [-0.25, -0.2) is 0 Å². The van der Waals surface area contributed by atoms with Gasteiger partial charge in [-0.05, 0) is 41.4 Å². The van der Waals surface area contributed by atoms with E-state index in [1.54, 1.807) is 16.2 Å². The number of amides is 2. The minimum Gasteiger partial charge on any atom is -0.345 e. The van der Waals surface area contributed by atoms with Crippen molar-refractivity contribution in [3.05, 3.63) is 20.8 Å². The highest BCUT2D eigenvalue weighted by Gasteiger charge is 2.44. The van der Waals surface area contributed by atoms with Crippen molar-refractivity contribution in [2.45, 2.75) is 32.4 Å². The zero-order valence-corrected chi connectivity index (χ0v) is 12.7. The van der Waals surface area contributed by atoms with Gasteiger partial charge in [0.1, 0.15) is 5.54 Å². The standard InChI is InChI=1S/C12H15BrN2O2S/c1-3-12(2)11(17)14-6-10(16)15(12)7-8-4-5-9(13)18-8/h4-5H,3,6-7H2,1-2H3,(H,14,17). The van der Waals surface area contributed by atoms with Crippen molar-refractivity contribution in [3.63, 3.8) is 0 Å². The molecule has 2 amide bonds. The van der Waals surface area contributed by atoms with E-state index in [-0.39, 0.29) is 18.4 Å². The van der Waals surface area contributed by atoms with E-state index in [0.29, 0.717) is 13.0 Å². The van der Waals surface area contributed by atoms with Crippen molar-refractivity contribution >= 4 is 39.1 Å². The van der Waals surface area contributed by atoms with Crippen molar-refractivity contribution in [1.29, 1.82) is 0 Å². The molecule has 18 heavy (non-hydrogen) atoms. The fraction of sp³-hybridized carbons (Fsp3) is 0.500. The highest BCUT2D eigenvalue weighted by atomic mass is 79.9. The Bertz CT molecular complexity index is 488. The Labute approximate surface area is 118 Å². The molecule has 0 spiro atoms. The summed E-state index contributed by atoms with van der Waals surface area (Å²) in [6.07, 6.45) is 0.608. The fourth-order valence-corrected chi connectivity index (χ4v) is 3.52. The van der Waals surface area contributed by atoms with Crippen LogP contribution in [0.4, 0.5) is 0 Å². The lowest BCUT2D eigenvalue weighted by Gasteiger charge is -2.42. The summed E-state index contributed by atoms with van der Waals surface area (Å²) in [7, 11) is 0. The van der Waals surface area contributed by atoms with Crippen LogP contribution >= 0.6 is 27.3 Å². The van der Waals surface area contributed by atoms with Gasteiger partial charge in [-0.3, -0.25) is 9.59 Å². The minimum absolute atomic E-state index is 0.0246. The van der Waals surface area contributed by atoms with Gasteiger partial charge in [0, 0.05) is 4.88 Å². The summed E-state index contributed by atoms with van der Waals surface area (Å²) in [6.45, 7) is 4.34. The molecule has 6 heteroatoms.